The van der Waals surface area contributed by atoms with Crippen LogP contribution in [0.3, 0.4) is 0 Å². The van der Waals surface area contributed by atoms with Crippen LogP contribution in [0.2, 0.25) is 0 Å². The number of hydrogen-bond acceptors (Lipinski definition) is 1. The highest BCUT2D eigenvalue weighted by Crippen LogP contribution is 2.08. The molecule has 0 saturated carbocycles. The second-order valence-electron chi connectivity index (χ2n) is 2.71. The summed E-state index contributed by atoms with van der Waals surface area (Å²) in [4.78, 5) is 10.5. The average Bonchev–Trinajstić information content (AvgIpc) is 2.02. The second kappa shape index (κ2) is 4.54. The summed E-state index contributed by atoms with van der Waals surface area (Å²) in [7, 11) is 0. The zero-order valence-electron chi connectivity index (χ0n) is 7.72. The number of hydrogen-bond donors (Lipinski definition) is 1. The number of allylic oxidation sites excluding steroid dienone is 4. The Bertz CT molecular complexity index is 257. The summed E-state index contributed by atoms with van der Waals surface area (Å²) in [5, 5.41) is 8.63. The van der Waals surface area contributed by atoms with Gasteiger partial charge in [0.05, 0.1) is 0 Å². The van der Waals surface area contributed by atoms with Crippen molar-refractivity contribution < 1.29 is 9.90 Å². The molecule has 0 radical (unpaired) electrons. The lowest BCUT2D eigenvalue weighted by Crippen LogP contribution is -1.98. The van der Waals surface area contributed by atoms with E-state index < -0.39 is 5.97 Å². The predicted octanol–water partition coefficient (Wildman–Crippen LogP) is 2.54. The maximum atomic E-state index is 10.5. The first-order valence-electron chi connectivity index (χ1n) is 3.70. The van der Waals surface area contributed by atoms with E-state index >= 15 is 0 Å². The van der Waals surface area contributed by atoms with Gasteiger partial charge in [0.2, 0.25) is 0 Å². The Labute approximate surface area is 72.9 Å². The van der Waals surface area contributed by atoms with E-state index in [9.17, 15) is 4.79 Å². The SMILES string of the molecule is C=CC(C)=CC(C)=C(C)C(=O)O. The van der Waals surface area contributed by atoms with Crippen molar-refractivity contribution in [2.45, 2.75) is 20.8 Å². The van der Waals surface area contributed by atoms with Crippen LogP contribution in [-0.2, 0) is 4.79 Å². The fraction of sp³-hybridized carbons (Fsp3) is 0.300. The van der Waals surface area contributed by atoms with Gasteiger partial charge in [0.25, 0.3) is 0 Å². The predicted molar refractivity (Wildman–Crippen MR) is 50.0 cm³/mol. The van der Waals surface area contributed by atoms with Crippen molar-refractivity contribution in [1.29, 1.82) is 0 Å². The van der Waals surface area contributed by atoms with E-state index in [1.165, 1.54) is 0 Å². The molecule has 0 atom stereocenters. The molecule has 0 aromatic carbocycles. The zero-order chi connectivity index (χ0) is 9.72. The Hall–Kier alpha value is -1.31. The van der Waals surface area contributed by atoms with Crippen molar-refractivity contribution in [3.8, 4) is 0 Å². The molecule has 0 heterocycles. The second-order valence-corrected chi connectivity index (χ2v) is 2.71. The monoisotopic (exact) mass is 166 g/mol. The van der Waals surface area contributed by atoms with Crippen LogP contribution >= 0.6 is 0 Å². The molecule has 0 aliphatic heterocycles. The Kier molecular flexibility index (Phi) is 4.05. The molecule has 2 heteroatoms. The van der Waals surface area contributed by atoms with Crippen molar-refractivity contribution in [2.24, 2.45) is 0 Å². The van der Waals surface area contributed by atoms with Crippen LogP contribution in [0.1, 0.15) is 20.8 Å². The lowest BCUT2D eigenvalue weighted by atomic mass is 10.1. The molecule has 0 aromatic rings. The normalized spacial score (nSPS) is 13.8. The summed E-state index contributed by atoms with van der Waals surface area (Å²) in [6, 6.07) is 0. The molecule has 0 aliphatic rings. The molecule has 2 nitrogen and oxygen atoms in total. The average molecular weight is 166 g/mol. The summed E-state index contributed by atoms with van der Waals surface area (Å²) in [5.41, 5.74) is 2.10. The van der Waals surface area contributed by atoms with Crippen LogP contribution in [0.15, 0.2) is 35.5 Å². The highest BCUT2D eigenvalue weighted by atomic mass is 16.4. The minimum absolute atomic E-state index is 0.371. The Morgan fingerprint density at radius 3 is 2.17 bits per heavy atom. The topological polar surface area (TPSA) is 37.3 Å². The van der Waals surface area contributed by atoms with Crippen molar-refractivity contribution in [1.82, 2.24) is 0 Å². The third-order valence-corrected chi connectivity index (χ3v) is 1.68. The maximum Gasteiger partial charge on any atom is 0.331 e. The van der Waals surface area contributed by atoms with E-state index in [0.717, 1.165) is 11.1 Å². The molecule has 66 valence electrons. The molecule has 0 unspecified atom stereocenters. The third kappa shape index (κ3) is 3.19. The molecule has 0 fully saturated rings. The minimum atomic E-state index is -0.874. The van der Waals surface area contributed by atoms with Crippen LogP contribution in [0.25, 0.3) is 0 Å². The van der Waals surface area contributed by atoms with Crippen molar-refractivity contribution in [3.05, 3.63) is 35.5 Å². The summed E-state index contributed by atoms with van der Waals surface area (Å²) in [6.07, 6.45) is 3.50. The van der Waals surface area contributed by atoms with Gasteiger partial charge in [-0.3, -0.25) is 0 Å². The molecule has 0 rings (SSSR count). The lowest BCUT2D eigenvalue weighted by molar-refractivity contribution is -0.132. The smallest absolute Gasteiger partial charge is 0.331 e. The molecule has 1 N–H and O–H groups in total. The van der Waals surface area contributed by atoms with Crippen molar-refractivity contribution >= 4 is 5.97 Å². The fourth-order valence-corrected chi connectivity index (χ4v) is 0.677. The fourth-order valence-electron chi connectivity index (χ4n) is 0.677. The molecular formula is C10H14O2. The van der Waals surface area contributed by atoms with Gasteiger partial charge in [0, 0.05) is 5.57 Å². The lowest BCUT2D eigenvalue weighted by Gasteiger charge is -1.98. The van der Waals surface area contributed by atoms with E-state index in [2.05, 4.69) is 6.58 Å². The summed E-state index contributed by atoms with van der Waals surface area (Å²) >= 11 is 0. The van der Waals surface area contributed by atoms with E-state index in [4.69, 9.17) is 5.11 Å². The van der Waals surface area contributed by atoms with E-state index in [1.807, 2.05) is 6.92 Å². The van der Waals surface area contributed by atoms with Gasteiger partial charge in [0.1, 0.15) is 0 Å². The highest BCUT2D eigenvalue weighted by Gasteiger charge is 2.02. The van der Waals surface area contributed by atoms with Gasteiger partial charge >= 0.3 is 5.97 Å². The van der Waals surface area contributed by atoms with Crippen molar-refractivity contribution in [3.63, 3.8) is 0 Å². The number of carboxylic acids is 1. The Morgan fingerprint density at radius 1 is 1.33 bits per heavy atom. The first-order chi connectivity index (χ1) is 5.49. The third-order valence-electron chi connectivity index (χ3n) is 1.68. The van der Waals surface area contributed by atoms with Gasteiger partial charge in [-0.1, -0.05) is 24.3 Å². The molecule has 0 aliphatic carbocycles. The minimum Gasteiger partial charge on any atom is -0.478 e. The van der Waals surface area contributed by atoms with Crippen LogP contribution < -0.4 is 0 Å². The van der Waals surface area contributed by atoms with E-state index in [0.29, 0.717) is 5.57 Å². The standard InChI is InChI=1S/C10H14O2/c1-5-7(2)6-8(3)9(4)10(11)12/h5-6H,1H2,2-4H3,(H,11,12). The first-order valence-corrected chi connectivity index (χ1v) is 3.70. The molecule has 12 heavy (non-hydrogen) atoms. The quantitative estimate of drug-likeness (QED) is 0.516. The molecule has 0 aromatic heterocycles. The number of aliphatic carboxylic acids is 1. The van der Waals surface area contributed by atoms with Gasteiger partial charge in [-0.15, -0.1) is 0 Å². The molecule has 0 spiro atoms. The molecule has 0 amide bonds. The van der Waals surface area contributed by atoms with Crippen LogP contribution in [-0.4, -0.2) is 11.1 Å². The van der Waals surface area contributed by atoms with Gasteiger partial charge in [-0.05, 0) is 26.3 Å². The van der Waals surface area contributed by atoms with Crippen molar-refractivity contribution in [2.75, 3.05) is 0 Å². The molecular weight excluding hydrogens is 152 g/mol. The van der Waals surface area contributed by atoms with Gasteiger partial charge in [0.15, 0.2) is 0 Å². The number of rotatable bonds is 3. The van der Waals surface area contributed by atoms with Crippen LogP contribution in [0.5, 0.6) is 0 Å². The molecule has 0 saturated heterocycles. The summed E-state index contributed by atoms with van der Waals surface area (Å²) in [5.74, 6) is -0.874. The van der Waals surface area contributed by atoms with Crippen LogP contribution in [0, 0.1) is 0 Å². The van der Waals surface area contributed by atoms with Gasteiger partial charge in [-0.2, -0.15) is 0 Å². The largest absolute Gasteiger partial charge is 0.478 e. The van der Waals surface area contributed by atoms with Gasteiger partial charge in [-0.25, -0.2) is 4.79 Å². The van der Waals surface area contributed by atoms with E-state index in [-0.39, 0.29) is 0 Å². The van der Waals surface area contributed by atoms with Gasteiger partial charge < -0.3 is 5.11 Å². The number of carbonyl (C=O) groups is 1. The van der Waals surface area contributed by atoms with E-state index in [1.54, 1.807) is 26.0 Å². The maximum absolute atomic E-state index is 10.5. The highest BCUT2D eigenvalue weighted by molar-refractivity contribution is 5.87. The number of carboxylic acid groups (broad SMARTS) is 1. The Morgan fingerprint density at radius 2 is 1.83 bits per heavy atom. The zero-order valence-corrected chi connectivity index (χ0v) is 7.72. The Balaban J connectivity index is 4.80. The summed E-state index contributed by atoms with van der Waals surface area (Å²) < 4.78 is 0. The molecule has 0 bridgehead atoms. The summed E-state index contributed by atoms with van der Waals surface area (Å²) in [6.45, 7) is 8.82. The van der Waals surface area contributed by atoms with Crippen LogP contribution in [0.4, 0.5) is 0 Å². The first kappa shape index (κ1) is 10.7.